The summed E-state index contributed by atoms with van der Waals surface area (Å²) in [6.07, 6.45) is -0.303. The molecule has 2 rings (SSSR count). The Balaban J connectivity index is 2.08. The van der Waals surface area contributed by atoms with Crippen LogP contribution in [0.25, 0.3) is 0 Å². The Morgan fingerprint density at radius 1 is 1.14 bits per heavy atom. The van der Waals surface area contributed by atoms with Gasteiger partial charge in [-0.2, -0.15) is 0 Å². The Bertz CT molecular complexity index is 645. The van der Waals surface area contributed by atoms with Crippen molar-refractivity contribution in [1.82, 2.24) is 5.32 Å². The van der Waals surface area contributed by atoms with Crippen LogP contribution in [0.5, 0.6) is 5.75 Å². The van der Waals surface area contributed by atoms with E-state index >= 15 is 0 Å². The van der Waals surface area contributed by atoms with Gasteiger partial charge in [-0.05, 0) is 18.2 Å². The van der Waals surface area contributed by atoms with Gasteiger partial charge in [-0.1, -0.05) is 41.9 Å². The van der Waals surface area contributed by atoms with E-state index in [9.17, 15) is 4.79 Å². The molecule has 0 aliphatic carbocycles. The fourth-order valence-electron chi connectivity index (χ4n) is 2.18. The number of carbonyl (C=O) groups excluding carboxylic acids is 1. The SMILES string of the molecule is COc1ccccc1[C@H](CNC(=O)c1ccccc1Cl)OC. The maximum atomic E-state index is 12.2. The first kappa shape index (κ1) is 16.3. The monoisotopic (exact) mass is 319 g/mol. The lowest BCUT2D eigenvalue weighted by Crippen LogP contribution is -2.29. The van der Waals surface area contributed by atoms with Gasteiger partial charge < -0.3 is 14.8 Å². The van der Waals surface area contributed by atoms with Gasteiger partial charge in [-0.15, -0.1) is 0 Å². The van der Waals surface area contributed by atoms with Crippen LogP contribution in [-0.2, 0) is 4.74 Å². The average molecular weight is 320 g/mol. The molecule has 22 heavy (non-hydrogen) atoms. The summed E-state index contributed by atoms with van der Waals surface area (Å²) in [5.74, 6) is 0.490. The fraction of sp³-hybridized carbons (Fsp3) is 0.235. The molecule has 0 aliphatic rings. The molecule has 2 aromatic rings. The summed E-state index contributed by atoms with van der Waals surface area (Å²) in [5, 5.41) is 3.26. The number of para-hydroxylation sites is 1. The lowest BCUT2D eigenvalue weighted by molar-refractivity contribution is 0.0819. The molecule has 0 aromatic heterocycles. The largest absolute Gasteiger partial charge is 0.496 e. The maximum absolute atomic E-state index is 12.2. The zero-order valence-corrected chi connectivity index (χ0v) is 13.3. The Morgan fingerprint density at radius 2 is 1.82 bits per heavy atom. The molecule has 0 saturated heterocycles. The van der Waals surface area contributed by atoms with Crippen molar-refractivity contribution in [2.45, 2.75) is 6.10 Å². The van der Waals surface area contributed by atoms with Crippen LogP contribution in [0.1, 0.15) is 22.0 Å². The fourth-order valence-corrected chi connectivity index (χ4v) is 2.40. The topological polar surface area (TPSA) is 47.6 Å². The van der Waals surface area contributed by atoms with Crippen molar-refractivity contribution in [2.75, 3.05) is 20.8 Å². The van der Waals surface area contributed by atoms with Crippen LogP contribution in [-0.4, -0.2) is 26.7 Å². The van der Waals surface area contributed by atoms with Crippen molar-refractivity contribution in [2.24, 2.45) is 0 Å². The van der Waals surface area contributed by atoms with Gasteiger partial charge in [0.2, 0.25) is 0 Å². The molecular formula is C17H18ClNO3. The molecule has 5 heteroatoms. The number of amides is 1. The Hall–Kier alpha value is -2.04. The van der Waals surface area contributed by atoms with E-state index in [-0.39, 0.29) is 12.0 Å². The van der Waals surface area contributed by atoms with Crippen LogP contribution in [0.3, 0.4) is 0 Å². The number of carbonyl (C=O) groups is 1. The Morgan fingerprint density at radius 3 is 2.50 bits per heavy atom. The summed E-state index contributed by atoms with van der Waals surface area (Å²) in [6.45, 7) is 0.320. The number of ether oxygens (including phenoxy) is 2. The molecule has 4 nitrogen and oxygen atoms in total. The maximum Gasteiger partial charge on any atom is 0.252 e. The third-order valence-corrected chi connectivity index (χ3v) is 3.67. The van der Waals surface area contributed by atoms with Crippen LogP contribution in [0.4, 0.5) is 0 Å². The van der Waals surface area contributed by atoms with Crippen LogP contribution in [0.15, 0.2) is 48.5 Å². The first-order valence-corrected chi connectivity index (χ1v) is 7.23. The number of hydrogen-bond acceptors (Lipinski definition) is 3. The number of nitrogens with one attached hydrogen (secondary N) is 1. The summed E-state index contributed by atoms with van der Waals surface area (Å²) < 4.78 is 10.8. The van der Waals surface area contributed by atoms with Crippen molar-refractivity contribution >= 4 is 17.5 Å². The zero-order chi connectivity index (χ0) is 15.9. The second-order valence-corrected chi connectivity index (χ2v) is 5.06. The van der Waals surface area contributed by atoms with Crippen LogP contribution in [0.2, 0.25) is 5.02 Å². The summed E-state index contributed by atoms with van der Waals surface area (Å²) in [7, 11) is 3.20. The van der Waals surface area contributed by atoms with Crippen LogP contribution >= 0.6 is 11.6 Å². The lowest BCUT2D eigenvalue weighted by Gasteiger charge is -2.19. The third kappa shape index (κ3) is 3.78. The van der Waals surface area contributed by atoms with Gasteiger partial charge >= 0.3 is 0 Å². The highest BCUT2D eigenvalue weighted by molar-refractivity contribution is 6.33. The molecule has 0 spiro atoms. The third-order valence-electron chi connectivity index (χ3n) is 3.34. The second kappa shape index (κ2) is 7.82. The van der Waals surface area contributed by atoms with E-state index in [1.165, 1.54) is 0 Å². The molecule has 116 valence electrons. The number of benzene rings is 2. The lowest BCUT2D eigenvalue weighted by atomic mass is 10.1. The van der Waals surface area contributed by atoms with Crippen molar-refractivity contribution in [3.63, 3.8) is 0 Å². The number of rotatable bonds is 6. The smallest absolute Gasteiger partial charge is 0.252 e. The molecule has 2 aromatic carbocycles. The van der Waals surface area contributed by atoms with Crippen molar-refractivity contribution in [1.29, 1.82) is 0 Å². The molecular weight excluding hydrogens is 302 g/mol. The standard InChI is InChI=1S/C17H18ClNO3/c1-21-15-10-6-4-8-13(15)16(22-2)11-19-17(20)12-7-3-5-9-14(12)18/h3-10,16H,11H2,1-2H3,(H,19,20)/t16-/m0/s1. The number of hydrogen-bond donors (Lipinski definition) is 1. The average Bonchev–Trinajstić information content (AvgIpc) is 2.56. The Labute approximate surface area is 135 Å². The molecule has 1 atom stereocenters. The highest BCUT2D eigenvalue weighted by Crippen LogP contribution is 2.26. The molecule has 0 heterocycles. The van der Waals surface area contributed by atoms with Crippen molar-refractivity contribution in [3.8, 4) is 5.75 Å². The van der Waals surface area contributed by atoms with E-state index < -0.39 is 0 Å². The predicted octanol–water partition coefficient (Wildman–Crippen LogP) is 3.47. The molecule has 0 saturated carbocycles. The van der Waals surface area contributed by atoms with Gasteiger partial charge in [-0.25, -0.2) is 0 Å². The predicted molar refractivity (Wildman–Crippen MR) is 86.5 cm³/mol. The highest BCUT2D eigenvalue weighted by Gasteiger charge is 2.17. The second-order valence-electron chi connectivity index (χ2n) is 4.66. The van der Waals surface area contributed by atoms with Gasteiger partial charge in [-0.3, -0.25) is 4.79 Å². The number of halogens is 1. The van der Waals surface area contributed by atoms with E-state index in [2.05, 4.69) is 5.32 Å². The molecule has 0 unspecified atom stereocenters. The van der Waals surface area contributed by atoms with Crippen LogP contribution < -0.4 is 10.1 Å². The van der Waals surface area contributed by atoms with Gasteiger partial charge in [0.15, 0.2) is 0 Å². The van der Waals surface area contributed by atoms with Crippen molar-refractivity contribution < 1.29 is 14.3 Å². The quantitative estimate of drug-likeness (QED) is 0.887. The number of methoxy groups -OCH3 is 2. The summed E-state index contributed by atoms with van der Waals surface area (Å²) in [6, 6.07) is 14.5. The van der Waals surface area contributed by atoms with E-state index in [1.54, 1.807) is 38.5 Å². The molecule has 1 amide bonds. The first-order valence-electron chi connectivity index (χ1n) is 6.85. The summed E-state index contributed by atoms with van der Waals surface area (Å²) in [5.41, 5.74) is 1.33. The van der Waals surface area contributed by atoms with E-state index in [0.29, 0.717) is 17.1 Å². The van der Waals surface area contributed by atoms with Gasteiger partial charge in [0.05, 0.1) is 17.7 Å². The summed E-state index contributed by atoms with van der Waals surface area (Å²) >= 11 is 6.02. The minimum atomic E-state index is -0.303. The van der Waals surface area contributed by atoms with Gasteiger partial charge in [0.1, 0.15) is 11.9 Å². The molecule has 0 aliphatic heterocycles. The van der Waals surface area contributed by atoms with Crippen molar-refractivity contribution in [3.05, 3.63) is 64.7 Å². The molecule has 1 N–H and O–H groups in total. The minimum Gasteiger partial charge on any atom is -0.496 e. The van der Waals surface area contributed by atoms with Gasteiger partial charge in [0, 0.05) is 19.2 Å². The molecule has 0 radical (unpaired) electrons. The summed E-state index contributed by atoms with van der Waals surface area (Å²) in [4.78, 5) is 12.2. The zero-order valence-electron chi connectivity index (χ0n) is 12.5. The Kier molecular flexibility index (Phi) is 5.81. The van der Waals surface area contributed by atoms with Crippen LogP contribution in [0, 0.1) is 0 Å². The van der Waals surface area contributed by atoms with E-state index in [4.69, 9.17) is 21.1 Å². The minimum absolute atomic E-state index is 0.234. The molecule has 0 fully saturated rings. The normalized spacial score (nSPS) is 11.8. The van der Waals surface area contributed by atoms with E-state index in [1.807, 2.05) is 24.3 Å². The first-order chi connectivity index (χ1) is 10.7. The molecule has 0 bridgehead atoms. The van der Waals surface area contributed by atoms with Gasteiger partial charge in [0.25, 0.3) is 5.91 Å². The van der Waals surface area contributed by atoms with E-state index in [0.717, 1.165) is 11.3 Å². The highest BCUT2D eigenvalue weighted by atomic mass is 35.5.